The minimum atomic E-state index is -1.06. The number of benzene rings is 2. The molecule has 1 saturated heterocycles. The molecule has 9 nitrogen and oxygen atoms in total. The summed E-state index contributed by atoms with van der Waals surface area (Å²) in [5.41, 5.74) is 8.25. The number of rotatable bonds is 6. The topological polar surface area (TPSA) is 104 Å². The Morgan fingerprint density at radius 2 is 1.93 bits per heavy atom. The summed E-state index contributed by atoms with van der Waals surface area (Å²) in [6.07, 6.45) is 6.75. The van der Waals surface area contributed by atoms with Gasteiger partial charge in [0.05, 0.1) is 18.0 Å². The second kappa shape index (κ2) is 10.4. The molecule has 3 heterocycles. The summed E-state index contributed by atoms with van der Waals surface area (Å²) < 4.78 is 34.9. The number of amides is 1. The van der Waals surface area contributed by atoms with E-state index in [-0.39, 0.29) is 29.2 Å². The SMILES string of the molecule is [C-]#[N+]/C(=C/C1CC1)C(=O)N1CCC[C@@H](n2nc(-c3ccc(Oc4cccc(F)c4F)cc3)c3c(N)ncnc32)C1. The number of ether oxygens (including phenoxy) is 1. The van der Waals surface area contributed by atoms with Crippen LogP contribution in [0.1, 0.15) is 31.7 Å². The molecule has 0 bridgehead atoms. The number of likely N-dealkylation sites (tertiary alicyclic amines) is 1. The normalized spacial score (nSPS) is 17.6. The van der Waals surface area contributed by atoms with Crippen molar-refractivity contribution in [2.24, 2.45) is 5.92 Å². The Hall–Kier alpha value is -4.85. The van der Waals surface area contributed by atoms with Gasteiger partial charge in [0.1, 0.15) is 23.6 Å². The molecule has 1 amide bonds. The first-order chi connectivity index (χ1) is 19.4. The molecule has 2 aliphatic rings. The number of carbonyl (C=O) groups is 1. The molecule has 40 heavy (non-hydrogen) atoms. The van der Waals surface area contributed by atoms with Gasteiger partial charge in [-0.05, 0) is 68.0 Å². The first kappa shape index (κ1) is 25.4. The number of fused-ring (bicyclic) bond motifs is 1. The Morgan fingerprint density at radius 1 is 1.12 bits per heavy atom. The van der Waals surface area contributed by atoms with Gasteiger partial charge in [0, 0.05) is 18.7 Å². The van der Waals surface area contributed by atoms with Gasteiger partial charge in [-0.1, -0.05) is 12.1 Å². The molecule has 1 aliphatic carbocycles. The van der Waals surface area contributed by atoms with Crippen LogP contribution in [-0.4, -0.2) is 43.6 Å². The van der Waals surface area contributed by atoms with Crippen LogP contribution in [0.4, 0.5) is 14.6 Å². The van der Waals surface area contributed by atoms with Crippen molar-refractivity contribution in [3.8, 4) is 22.8 Å². The van der Waals surface area contributed by atoms with Gasteiger partial charge in [-0.25, -0.2) is 23.9 Å². The van der Waals surface area contributed by atoms with Crippen molar-refractivity contribution in [2.45, 2.75) is 31.7 Å². The lowest BCUT2D eigenvalue weighted by atomic mass is 10.1. The standard InChI is InChI=1S/C29H25F2N7O2/c1-33-22(14-17-7-8-17)29(39)37-13-3-4-19(15-37)38-28-24(27(32)34-16-35-28)26(36-38)18-9-11-20(12-10-18)40-23-6-2-5-21(30)25(23)31/h2,5-6,9-12,14,16-17,19H,3-4,7-8,13,15H2,(H2,32,34,35)/b22-14+/t19-/m1/s1. The summed E-state index contributed by atoms with van der Waals surface area (Å²) in [4.78, 5) is 27.0. The van der Waals surface area contributed by atoms with E-state index in [2.05, 4.69) is 14.8 Å². The molecule has 2 aromatic carbocycles. The average Bonchev–Trinajstić information content (AvgIpc) is 3.71. The lowest BCUT2D eigenvalue weighted by molar-refractivity contribution is -0.128. The number of nitrogens with zero attached hydrogens (tertiary/aromatic N) is 6. The maximum Gasteiger partial charge on any atom is 0.252 e. The number of nitrogen functional groups attached to an aromatic ring is 1. The van der Waals surface area contributed by atoms with Gasteiger partial charge in [-0.15, -0.1) is 0 Å². The van der Waals surface area contributed by atoms with Crippen LogP contribution in [-0.2, 0) is 4.79 Å². The third-order valence-electron chi connectivity index (χ3n) is 7.17. The maximum atomic E-state index is 14.0. The zero-order valence-electron chi connectivity index (χ0n) is 21.4. The number of allylic oxidation sites excluding steroid dienone is 1. The lowest BCUT2D eigenvalue weighted by Crippen LogP contribution is -2.41. The Morgan fingerprint density at radius 3 is 2.67 bits per heavy atom. The number of hydrogen-bond donors (Lipinski definition) is 1. The molecule has 1 aliphatic heterocycles. The Balaban J connectivity index is 1.30. The second-order valence-corrected chi connectivity index (χ2v) is 9.98. The van der Waals surface area contributed by atoms with Gasteiger partial charge in [0.25, 0.3) is 5.91 Å². The molecule has 6 rings (SSSR count). The van der Waals surface area contributed by atoms with Gasteiger partial charge < -0.3 is 15.4 Å². The minimum Gasteiger partial charge on any atom is -0.454 e. The van der Waals surface area contributed by atoms with E-state index in [4.69, 9.17) is 22.1 Å². The smallest absolute Gasteiger partial charge is 0.252 e. The summed E-state index contributed by atoms with van der Waals surface area (Å²) >= 11 is 0. The predicted molar refractivity (Wildman–Crippen MR) is 144 cm³/mol. The first-order valence-corrected chi connectivity index (χ1v) is 13.0. The van der Waals surface area contributed by atoms with Gasteiger partial charge in [0.15, 0.2) is 17.2 Å². The predicted octanol–water partition coefficient (Wildman–Crippen LogP) is 5.52. The van der Waals surface area contributed by atoms with E-state index in [9.17, 15) is 13.6 Å². The minimum absolute atomic E-state index is 0.172. The van der Waals surface area contributed by atoms with E-state index in [0.29, 0.717) is 47.0 Å². The number of halogens is 2. The van der Waals surface area contributed by atoms with E-state index < -0.39 is 11.6 Å². The second-order valence-electron chi connectivity index (χ2n) is 9.98. The quantitative estimate of drug-likeness (QED) is 0.255. The highest BCUT2D eigenvalue weighted by molar-refractivity contribution is 5.98. The Bertz CT molecular complexity index is 1670. The van der Waals surface area contributed by atoms with Crippen LogP contribution in [0.5, 0.6) is 11.5 Å². The van der Waals surface area contributed by atoms with Crippen LogP contribution in [0.15, 0.2) is 60.6 Å². The number of piperidine rings is 1. The van der Waals surface area contributed by atoms with Crippen molar-refractivity contribution in [1.82, 2.24) is 24.6 Å². The van der Waals surface area contributed by atoms with Gasteiger partial charge in [-0.2, -0.15) is 9.49 Å². The van der Waals surface area contributed by atoms with Crippen LogP contribution in [0, 0.1) is 24.1 Å². The number of anilines is 1. The highest BCUT2D eigenvalue weighted by atomic mass is 19.2. The fraction of sp³-hybridized carbons (Fsp3) is 0.276. The average molecular weight is 542 g/mol. The number of nitrogens with two attached hydrogens (primary N) is 1. The summed E-state index contributed by atoms with van der Waals surface area (Å²) in [6.45, 7) is 8.45. The van der Waals surface area contributed by atoms with E-state index >= 15 is 0 Å². The fourth-order valence-electron chi connectivity index (χ4n) is 4.97. The number of carbonyl (C=O) groups excluding carboxylic acids is 1. The maximum absolute atomic E-state index is 14.0. The molecule has 0 unspecified atom stereocenters. The van der Waals surface area contributed by atoms with Crippen molar-refractivity contribution in [3.63, 3.8) is 0 Å². The van der Waals surface area contributed by atoms with E-state index in [1.54, 1.807) is 39.9 Å². The molecule has 2 fully saturated rings. The van der Waals surface area contributed by atoms with E-state index in [1.807, 2.05) is 0 Å². The van der Waals surface area contributed by atoms with Crippen molar-refractivity contribution < 1.29 is 18.3 Å². The number of aromatic nitrogens is 4. The largest absolute Gasteiger partial charge is 0.454 e. The molecule has 0 spiro atoms. The van der Waals surface area contributed by atoms with Crippen molar-refractivity contribution in [2.75, 3.05) is 18.8 Å². The zero-order chi connectivity index (χ0) is 27.8. The van der Waals surface area contributed by atoms with Gasteiger partial charge in [0.2, 0.25) is 11.5 Å². The van der Waals surface area contributed by atoms with Crippen molar-refractivity contribution in [3.05, 3.63) is 83.6 Å². The highest BCUT2D eigenvalue weighted by Crippen LogP contribution is 2.36. The molecule has 1 atom stereocenters. The molecule has 11 heteroatoms. The molecule has 4 aromatic rings. The van der Waals surface area contributed by atoms with Crippen LogP contribution in [0.2, 0.25) is 0 Å². The molecule has 2 N–H and O–H groups in total. The van der Waals surface area contributed by atoms with Crippen molar-refractivity contribution >= 4 is 22.8 Å². The molecule has 1 saturated carbocycles. The van der Waals surface area contributed by atoms with Crippen molar-refractivity contribution in [1.29, 1.82) is 0 Å². The van der Waals surface area contributed by atoms with Crippen LogP contribution in [0.3, 0.4) is 0 Å². The fourth-order valence-corrected chi connectivity index (χ4v) is 4.97. The van der Waals surface area contributed by atoms with Gasteiger partial charge in [-0.3, -0.25) is 4.79 Å². The van der Waals surface area contributed by atoms with E-state index in [0.717, 1.165) is 31.7 Å². The molecular formula is C29H25F2N7O2. The van der Waals surface area contributed by atoms with Crippen LogP contribution < -0.4 is 10.5 Å². The summed E-state index contributed by atoms with van der Waals surface area (Å²) in [5, 5.41) is 5.45. The monoisotopic (exact) mass is 541 g/mol. The van der Waals surface area contributed by atoms with E-state index in [1.165, 1.54) is 18.5 Å². The van der Waals surface area contributed by atoms with Crippen LogP contribution in [0.25, 0.3) is 27.1 Å². The Labute approximate surface area is 228 Å². The third-order valence-corrected chi connectivity index (χ3v) is 7.17. The summed E-state index contributed by atoms with van der Waals surface area (Å²) in [5.74, 6) is -1.61. The molecular weight excluding hydrogens is 516 g/mol. The van der Waals surface area contributed by atoms with Gasteiger partial charge >= 0.3 is 0 Å². The number of hydrogen-bond acceptors (Lipinski definition) is 6. The molecule has 202 valence electrons. The third kappa shape index (κ3) is 4.84. The highest BCUT2D eigenvalue weighted by Gasteiger charge is 2.31. The first-order valence-electron chi connectivity index (χ1n) is 13.0. The lowest BCUT2D eigenvalue weighted by Gasteiger charge is -2.33. The summed E-state index contributed by atoms with van der Waals surface area (Å²) in [6, 6.07) is 10.3. The Kier molecular flexibility index (Phi) is 6.59. The summed E-state index contributed by atoms with van der Waals surface area (Å²) in [7, 11) is 0. The van der Waals surface area contributed by atoms with Crippen LogP contribution >= 0.6 is 0 Å². The zero-order valence-corrected chi connectivity index (χ0v) is 21.4. The molecule has 2 aromatic heterocycles. The molecule has 0 radical (unpaired) electrons.